The maximum absolute atomic E-state index is 12.7. The topological polar surface area (TPSA) is 55.1 Å². The van der Waals surface area contributed by atoms with Crippen molar-refractivity contribution in [3.05, 3.63) is 75.9 Å². The second kappa shape index (κ2) is 7.33. The molecule has 0 saturated heterocycles. The van der Waals surface area contributed by atoms with E-state index in [4.69, 9.17) is 4.52 Å². The predicted molar refractivity (Wildman–Crippen MR) is 92.3 cm³/mol. The lowest BCUT2D eigenvalue weighted by Crippen LogP contribution is -2.23. The van der Waals surface area contributed by atoms with Gasteiger partial charge in [-0.2, -0.15) is 13.2 Å². The van der Waals surface area contributed by atoms with Gasteiger partial charge in [-0.3, -0.25) is 4.79 Å². The number of carbonyl (C=O) groups excluding carboxylic acids is 1. The van der Waals surface area contributed by atoms with Crippen LogP contribution in [0.5, 0.6) is 0 Å². The molecule has 1 heterocycles. The number of carbonyl (C=O) groups is 1. The zero-order valence-corrected chi connectivity index (χ0v) is 14.8. The largest absolute Gasteiger partial charge is 0.416 e. The van der Waals surface area contributed by atoms with Crippen LogP contribution < -0.4 is 5.32 Å². The molecule has 0 aliphatic rings. The van der Waals surface area contributed by atoms with Crippen molar-refractivity contribution >= 4 is 21.8 Å². The number of amides is 1. The molecule has 0 aliphatic heterocycles. The number of nitrogens with zero attached hydrogens (tertiary/aromatic N) is 1. The summed E-state index contributed by atoms with van der Waals surface area (Å²) in [5, 5.41) is 6.23. The third-order valence-electron chi connectivity index (χ3n) is 3.63. The Kier molecular flexibility index (Phi) is 5.13. The highest BCUT2D eigenvalue weighted by Gasteiger charge is 2.30. The van der Waals surface area contributed by atoms with E-state index >= 15 is 0 Å². The highest BCUT2D eigenvalue weighted by molar-refractivity contribution is 9.10. The normalized spacial score (nSPS) is 11.4. The lowest BCUT2D eigenvalue weighted by atomic mass is 10.1. The Labute approximate surface area is 155 Å². The van der Waals surface area contributed by atoms with E-state index in [0.717, 1.165) is 16.6 Å². The minimum Gasteiger partial charge on any atom is -0.355 e. The van der Waals surface area contributed by atoms with Gasteiger partial charge >= 0.3 is 6.18 Å². The van der Waals surface area contributed by atoms with Crippen molar-refractivity contribution in [2.24, 2.45) is 0 Å². The van der Waals surface area contributed by atoms with Crippen LogP contribution in [0.2, 0.25) is 0 Å². The zero-order chi connectivity index (χ0) is 18.7. The zero-order valence-electron chi connectivity index (χ0n) is 13.2. The number of halogens is 4. The van der Waals surface area contributed by atoms with Gasteiger partial charge in [-0.1, -0.05) is 33.2 Å². The summed E-state index contributed by atoms with van der Waals surface area (Å²) in [6, 6.07) is 11.9. The van der Waals surface area contributed by atoms with E-state index in [-0.39, 0.29) is 12.1 Å². The molecule has 2 aromatic carbocycles. The van der Waals surface area contributed by atoms with E-state index in [9.17, 15) is 18.0 Å². The van der Waals surface area contributed by atoms with E-state index in [1.807, 2.05) is 0 Å². The Morgan fingerprint density at radius 2 is 1.88 bits per heavy atom. The quantitative estimate of drug-likeness (QED) is 0.637. The Bertz CT molecular complexity index is 921. The summed E-state index contributed by atoms with van der Waals surface area (Å²) in [6.07, 6.45) is -3.15. The van der Waals surface area contributed by atoms with Gasteiger partial charge in [0.15, 0.2) is 5.76 Å². The van der Waals surface area contributed by atoms with E-state index in [1.54, 1.807) is 24.3 Å². The average molecular weight is 425 g/mol. The molecule has 8 heteroatoms. The summed E-state index contributed by atoms with van der Waals surface area (Å²) < 4.78 is 44.3. The Balaban J connectivity index is 1.74. The van der Waals surface area contributed by atoms with Gasteiger partial charge in [0.1, 0.15) is 5.56 Å². The summed E-state index contributed by atoms with van der Waals surface area (Å²) in [4.78, 5) is 12.4. The fraction of sp³-hybridized carbons (Fsp3) is 0.111. The highest BCUT2D eigenvalue weighted by atomic mass is 79.9. The van der Waals surface area contributed by atoms with Crippen molar-refractivity contribution < 1.29 is 22.5 Å². The molecular weight excluding hydrogens is 413 g/mol. The smallest absolute Gasteiger partial charge is 0.355 e. The minimum atomic E-state index is -4.43. The van der Waals surface area contributed by atoms with E-state index in [0.29, 0.717) is 16.9 Å². The molecule has 26 heavy (non-hydrogen) atoms. The monoisotopic (exact) mass is 424 g/mol. The van der Waals surface area contributed by atoms with Gasteiger partial charge in [-0.15, -0.1) is 0 Å². The van der Waals surface area contributed by atoms with Crippen molar-refractivity contribution in [3.63, 3.8) is 0 Å². The van der Waals surface area contributed by atoms with Gasteiger partial charge in [0, 0.05) is 16.6 Å². The van der Waals surface area contributed by atoms with Gasteiger partial charge in [0.05, 0.1) is 11.8 Å². The van der Waals surface area contributed by atoms with Gasteiger partial charge in [0.2, 0.25) is 0 Å². The predicted octanol–water partition coefficient (Wildman–Crippen LogP) is 5.05. The molecule has 0 spiro atoms. The molecular formula is C18H12BrF3N2O2. The van der Waals surface area contributed by atoms with Crippen LogP contribution in [0.15, 0.2) is 63.7 Å². The molecule has 3 aromatic rings. The summed E-state index contributed by atoms with van der Waals surface area (Å²) in [5.41, 5.74) is 0.453. The third kappa shape index (κ3) is 4.13. The first-order valence-electron chi connectivity index (χ1n) is 7.49. The van der Waals surface area contributed by atoms with Crippen LogP contribution in [-0.2, 0) is 12.7 Å². The van der Waals surface area contributed by atoms with Gasteiger partial charge in [-0.05, 0) is 42.0 Å². The molecule has 1 aromatic heterocycles. The lowest BCUT2D eigenvalue weighted by molar-refractivity contribution is -0.137. The molecule has 0 radical (unpaired) electrons. The summed E-state index contributed by atoms with van der Waals surface area (Å²) in [6.45, 7) is -0.0479. The molecule has 1 N–H and O–H groups in total. The number of rotatable bonds is 4. The average Bonchev–Trinajstić information content (AvgIpc) is 3.09. The molecule has 0 unspecified atom stereocenters. The number of hydrogen-bond donors (Lipinski definition) is 1. The molecule has 0 aliphatic carbocycles. The van der Waals surface area contributed by atoms with Crippen LogP contribution >= 0.6 is 15.9 Å². The second-order valence-electron chi connectivity index (χ2n) is 5.46. The molecule has 0 saturated carbocycles. The number of hydrogen-bond acceptors (Lipinski definition) is 3. The van der Waals surface area contributed by atoms with Crippen LogP contribution in [-0.4, -0.2) is 11.1 Å². The van der Waals surface area contributed by atoms with Crippen molar-refractivity contribution in [3.8, 4) is 11.3 Å². The molecule has 1 amide bonds. The van der Waals surface area contributed by atoms with Gasteiger partial charge in [0.25, 0.3) is 5.91 Å². The standard InChI is InChI=1S/C18H12BrF3N2O2/c19-14-6-4-12(5-7-14)16-15(10-24-26-16)17(25)23-9-11-2-1-3-13(8-11)18(20,21)22/h1-8,10H,9H2,(H,23,25). The maximum atomic E-state index is 12.7. The number of alkyl halides is 3. The molecule has 134 valence electrons. The SMILES string of the molecule is O=C(NCc1cccc(C(F)(F)F)c1)c1cnoc1-c1ccc(Br)cc1. The molecule has 4 nitrogen and oxygen atoms in total. The minimum absolute atomic E-state index is 0.0479. The van der Waals surface area contributed by atoms with Gasteiger partial charge in [-0.25, -0.2) is 0 Å². The van der Waals surface area contributed by atoms with Crippen molar-refractivity contribution in [1.82, 2.24) is 10.5 Å². The first-order chi connectivity index (χ1) is 12.3. The first-order valence-corrected chi connectivity index (χ1v) is 8.29. The van der Waals surface area contributed by atoms with Crippen molar-refractivity contribution in [2.75, 3.05) is 0 Å². The third-order valence-corrected chi connectivity index (χ3v) is 4.16. The molecule has 3 rings (SSSR count). The van der Waals surface area contributed by atoms with Crippen LogP contribution in [0, 0.1) is 0 Å². The molecule has 0 fully saturated rings. The molecule has 0 atom stereocenters. The lowest BCUT2D eigenvalue weighted by Gasteiger charge is -2.09. The highest BCUT2D eigenvalue weighted by Crippen LogP contribution is 2.29. The van der Waals surface area contributed by atoms with Gasteiger partial charge < -0.3 is 9.84 Å². The van der Waals surface area contributed by atoms with E-state index in [1.165, 1.54) is 18.3 Å². The number of aromatic nitrogens is 1. The van der Waals surface area contributed by atoms with E-state index < -0.39 is 17.6 Å². The van der Waals surface area contributed by atoms with Crippen LogP contribution in [0.4, 0.5) is 13.2 Å². The van der Waals surface area contributed by atoms with E-state index in [2.05, 4.69) is 26.4 Å². The summed E-state index contributed by atoms with van der Waals surface area (Å²) in [5.74, 6) is -0.194. The summed E-state index contributed by atoms with van der Waals surface area (Å²) >= 11 is 3.32. The second-order valence-corrected chi connectivity index (χ2v) is 6.37. The Morgan fingerprint density at radius 3 is 2.58 bits per heavy atom. The Morgan fingerprint density at radius 1 is 1.15 bits per heavy atom. The van der Waals surface area contributed by atoms with Crippen LogP contribution in [0.25, 0.3) is 11.3 Å². The maximum Gasteiger partial charge on any atom is 0.416 e. The fourth-order valence-electron chi connectivity index (χ4n) is 2.35. The fourth-order valence-corrected chi connectivity index (χ4v) is 2.61. The first kappa shape index (κ1) is 18.2. The number of nitrogens with one attached hydrogen (secondary N) is 1. The van der Waals surface area contributed by atoms with Crippen LogP contribution in [0.3, 0.4) is 0 Å². The molecule has 0 bridgehead atoms. The summed E-state index contributed by atoms with van der Waals surface area (Å²) in [7, 11) is 0. The van der Waals surface area contributed by atoms with Crippen molar-refractivity contribution in [2.45, 2.75) is 12.7 Å². The van der Waals surface area contributed by atoms with Crippen LogP contribution in [0.1, 0.15) is 21.5 Å². The number of benzene rings is 2. The Hall–Kier alpha value is -2.61. The van der Waals surface area contributed by atoms with Crippen molar-refractivity contribution in [1.29, 1.82) is 0 Å².